The van der Waals surface area contributed by atoms with E-state index in [0.717, 1.165) is 45.9 Å². The van der Waals surface area contributed by atoms with Gasteiger partial charge in [0.15, 0.2) is 0 Å². The summed E-state index contributed by atoms with van der Waals surface area (Å²) in [4.78, 5) is 0. The Hall–Kier alpha value is -1.36. The highest BCUT2D eigenvalue weighted by atomic mass is 16.5. The second kappa shape index (κ2) is 8.82. The molecule has 0 saturated carbocycles. The van der Waals surface area contributed by atoms with E-state index in [1.807, 2.05) is 6.92 Å². The SMILES string of the molecule is CCOCCn1cc(CCNCCOC)c2ccccc21. The summed E-state index contributed by atoms with van der Waals surface area (Å²) in [7, 11) is 1.73. The van der Waals surface area contributed by atoms with E-state index < -0.39 is 0 Å². The third-order valence-electron chi connectivity index (χ3n) is 3.61. The fraction of sp³-hybridized carbons (Fsp3) is 0.529. The first-order valence-electron chi connectivity index (χ1n) is 7.71. The normalized spacial score (nSPS) is 11.3. The molecule has 0 spiro atoms. The molecule has 0 unspecified atom stereocenters. The number of methoxy groups -OCH3 is 1. The lowest BCUT2D eigenvalue weighted by Gasteiger charge is -2.04. The number of hydrogen-bond donors (Lipinski definition) is 1. The molecule has 0 aliphatic carbocycles. The third kappa shape index (κ3) is 4.56. The van der Waals surface area contributed by atoms with Crippen molar-refractivity contribution in [2.75, 3.05) is 40.0 Å². The van der Waals surface area contributed by atoms with Gasteiger partial charge in [-0.1, -0.05) is 18.2 Å². The molecule has 21 heavy (non-hydrogen) atoms. The lowest BCUT2D eigenvalue weighted by molar-refractivity contribution is 0.140. The zero-order valence-corrected chi connectivity index (χ0v) is 13.1. The van der Waals surface area contributed by atoms with Gasteiger partial charge in [-0.2, -0.15) is 0 Å². The molecule has 2 aromatic rings. The zero-order valence-electron chi connectivity index (χ0n) is 13.1. The van der Waals surface area contributed by atoms with Crippen molar-refractivity contribution < 1.29 is 9.47 Å². The van der Waals surface area contributed by atoms with E-state index in [0.29, 0.717) is 0 Å². The molecule has 1 heterocycles. The number of para-hydroxylation sites is 1. The fourth-order valence-corrected chi connectivity index (χ4v) is 2.54. The van der Waals surface area contributed by atoms with Gasteiger partial charge in [-0.05, 0) is 31.5 Å². The van der Waals surface area contributed by atoms with Crippen LogP contribution in [0.2, 0.25) is 0 Å². The Bertz CT molecular complexity index is 537. The number of ether oxygens (including phenoxy) is 2. The summed E-state index contributed by atoms with van der Waals surface area (Å²) in [6, 6.07) is 8.59. The van der Waals surface area contributed by atoms with Gasteiger partial charge in [-0.3, -0.25) is 0 Å². The van der Waals surface area contributed by atoms with Crippen molar-refractivity contribution in [1.29, 1.82) is 0 Å². The quantitative estimate of drug-likeness (QED) is 0.683. The van der Waals surface area contributed by atoms with Crippen LogP contribution in [0.4, 0.5) is 0 Å². The van der Waals surface area contributed by atoms with Crippen molar-refractivity contribution in [1.82, 2.24) is 9.88 Å². The van der Waals surface area contributed by atoms with Crippen LogP contribution in [0.25, 0.3) is 10.9 Å². The Morgan fingerprint density at radius 3 is 2.81 bits per heavy atom. The Balaban J connectivity index is 2.01. The Morgan fingerprint density at radius 2 is 2.00 bits per heavy atom. The summed E-state index contributed by atoms with van der Waals surface area (Å²) in [5.41, 5.74) is 2.69. The maximum absolute atomic E-state index is 5.47. The van der Waals surface area contributed by atoms with Gasteiger partial charge in [-0.25, -0.2) is 0 Å². The number of nitrogens with zero attached hydrogens (tertiary/aromatic N) is 1. The molecule has 1 aromatic carbocycles. The second-order valence-electron chi connectivity index (χ2n) is 5.05. The number of fused-ring (bicyclic) bond motifs is 1. The largest absolute Gasteiger partial charge is 0.383 e. The summed E-state index contributed by atoms with van der Waals surface area (Å²) in [6.45, 7) is 7.12. The molecule has 1 aromatic heterocycles. The third-order valence-corrected chi connectivity index (χ3v) is 3.61. The molecular weight excluding hydrogens is 264 g/mol. The van der Waals surface area contributed by atoms with E-state index in [4.69, 9.17) is 9.47 Å². The highest BCUT2D eigenvalue weighted by molar-refractivity contribution is 5.84. The molecule has 0 radical (unpaired) electrons. The van der Waals surface area contributed by atoms with E-state index >= 15 is 0 Å². The highest BCUT2D eigenvalue weighted by Crippen LogP contribution is 2.21. The van der Waals surface area contributed by atoms with Gasteiger partial charge in [0.05, 0.1) is 13.2 Å². The molecule has 0 atom stereocenters. The smallest absolute Gasteiger partial charge is 0.0645 e. The van der Waals surface area contributed by atoms with Gasteiger partial charge in [0.2, 0.25) is 0 Å². The van der Waals surface area contributed by atoms with Crippen molar-refractivity contribution >= 4 is 10.9 Å². The number of nitrogens with one attached hydrogen (secondary N) is 1. The van der Waals surface area contributed by atoms with Crippen LogP contribution in [0, 0.1) is 0 Å². The van der Waals surface area contributed by atoms with Crippen LogP contribution in [0.15, 0.2) is 30.5 Å². The van der Waals surface area contributed by atoms with Crippen LogP contribution in [0.5, 0.6) is 0 Å². The van der Waals surface area contributed by atoms with Gasteiger partial charge in [-0.15, -0.1) is 0 Å². The summed E-state index contributed by atoms with van der Waals surface area (Å²) in [5, 5.41) is 4.75. The summed E-state index contributed by atoms with van der Waals surface area (Å²) >= 11 is 0. The Labute approximate surface area is 127 Å². The second-order valence-corrected chi connectivity index (χ2v) is 5.05. The van der Waals surface area contributed by atoms with Gasteiger partial charge in [0.25, 0.3) is 0 Å². The van der Waals surface area contributed by atoms with Crippen LogP contribution in [0.3, 0.4) is 0 Å². The van der Waals surface area contributed by atoms with Crippen LogP contribution in [-0.4, -0.2) is 44.6 Å². The van der Waals surface area contributed by atoms with Crippen molar-refractivity contribution in [2.45, 2.75) is 19.9 Å². The zero-order chi connectivity index (χ0) is 14.9. The lowest BCUT2D eigenvalue weighted by Crippen LogP contribution is -2.21. The van der Waals surface area contributed by atoms with Crippen LogP contribution in [0.1, 0.15) is 12.5 Å². The average Bonchev–Trinajstić information content (AvgIpc) is 2.86. The average molecular weight is 290 g/mol. The first-order chi connectivity index (χ1) is 10.4. The van der Waals surface area contributed by atoms with E-state index in [1.165, 1.54) is 16.5 Å². The topological polar surface area (TPSA) is 35.4 Å². The standard InChI is InChI=1S/C17H26N2O2/c1-3-21-13-11-19-14-15(8-9-18-10-12-20-2)16-6-4-5-7-17(16)19/h4-7,14,18H,3,8-13H2,1-2H3. The highest BCUT2D eigenvalue weighted by Gasteiger charge is 2.07. The molecule has 2 rings (SSSR count). The van der Waals surface area contributed by atoms with Gasteiger partial charge < -0.3 is 19.4 Å². The molecule has 0 fully saturated rings. The fourth-order valence-electron chi connectivity index (χ4n) is 2.54. The van der Waals surface area contributed by atoms with Crippen molar-refractivity contribution in [3.63, 3.8) is 0 Å². The van der Waals surface area contributed by atoms with Gasteiger partial charge in [0.1, 0.15) is 0 Å². The van der Waals surface area contributed by atoms with Crippen LogP contribution in [-0.2, 0) is 22.4 Å². The molecular formula is C17H26N2O2. The summed E-state index contributed by atoms with van der Waals surface area (Å²) in [5.74, 6) is 0. The first-order valence-corrected chi connectivity index (χ1v) is 7.71. The molecule has 0 aliphatic rings. The number of benzene rings is 1. The van der Waals surface area contributed by atoms with Crippen molar-refractivity contribution in [3.8, 4) is 0 Å². The predicted octanol–water partition coefficient (Wildman–Crippen LogP) is 2.46. The van der Waals surface area contributed by atoms with E-state index in [1.54, 1.807) is 7.11 Å². The lowest BCUT2D eigenvalue weighted by atomic mass is 10.1. The monoisotopic (exact) mass is 290 g/mol. The van der Waals surface area contributed by atoms with Gasteiger partial charge >= 0.3 is 0 Å². The molecule has 0 aliphatic heterocycles. The van der Waals surface area contributed by atoms with E-state index in [2.05, 4.69) is 40.3 Å². The van der Waals surface area contributed by atoms with Crippen molar-refractivity contribution in [2.24, 2.45) is 0 Å². The molecule has 4 nitrogen and oxygen atoms in total. The predicted molar refractivity (Wildman–Crippen MR) is 86.9 cm³/mol. The molecule has 1 N–H and O–H groups in total. The minimum Gasteiger partial charge on any atom is -0.383 e. The maximum atomic E-state index is 5.47. The Kier molecular flexibility index (Phi) is 6.73. The van der Waals surface area contributed by atoms with E-state index in [-0.39, 0.29) is 0 Å². The summed E-state index contributed by atoms with van der Waals surface area (Å²) in [6.07, 6.45) is 3.30. The number of aromatic nitrogens is 1. The van der Waals surface area contributed by atoms with Crippen LogP contribution < -0.4 is 5.32 Å². The minimum atomic E-state index is 0.760. The molecule has 4 heteroatoms. The van der Waals surface area contributed by atoms with E-state index in [9.17, 15) is 0 Å². The number of hydrogen-bond acceptors (Lipinski definition) is 3. The Morgan fingerprint density at radius 1 is 1.14 bits per heavy atom. The number of rotatable bonds is 10. The first kappa shape index (κ1) is 16.0. The minimum absolute atomic E-state index is 0.760. The molecule has 0 amide bonds. The maximum Gasteiger partial charge on any atom is 0.0645 e. The van der Waals surface area contributed by atoms with Crippen molar-refractivity contribution in [3.05, 3.63) is 36.0 Å². The molecule has 116 valence electrons. The van der Waals surface area contributed by atoms with Crippen LogP contribution >= 0.6 is 0 Å². The van der Waals surface area contributed by atoms with Gasteiger partial charge in [0, 0.05) is 43.9 Å². The summed E-state index contributed by atoms with van der Waals surface area (Å²) < 4.78 is 12.8. The molecule has 0 bridgehead atoms. The molecule has 0 saturated heterocycles.